The smallest absolute Gasteiger partial charge is 0.0398 e. The molecule has 0 unspecified atom stereocenters. The lowest BCUT2D eigenvalue weighted by atomic mass is 9.80. The lowest BCUT2D eigenvalue weighted by Gasteiger charge is -2.25. The Kier molecular flexibility index (Phi) is 4.35. The Balaban J connectivity index is 2.12. The van der Waals surface area contributed by atoms with Gasteiger partial charge in [0.05, 0.1) is 0 Å². The summed E-state index contributed by atoms with van der Waals surface area (Å²) in [7, 11) is 4.20. The highest BCUT2D eigenvalue weighted by atomic mass is 15.1. The fourth-order valence-electron chi connectivity index (χ4n) is 2.70. The number of fused-ring (bicyclic) bond motifs is 1. The lowest BCUT2D eigenvalue weighted by Crippen LogP contribution is -2.21. The van der Waals surface area contributed by atoms with Gasteiger partial charge in [0.2, 0.25) is 0 Å². The third-order valence-corrected chi connectivity index (χ3v) is 3.93. The van der Waals surface area contributed by atoms with Crippen LogP contribution in [0, 0.1) is 0 Å². The highest BCUT2D eigenvalue weighted by molar-refractivity contribution is 5.63. The molecule has 106 valence electrons. The number of rotatable bonds is 4. The minimum Gasteiger partial charge on any atom is -0.385 e. The van der Waals surface area contributed by atoms with Crippen molar-refractivity contribution in [2.24, 2.45) is 0 Å². The monoisotopic (exact) mass is 261 g/mol. The Bertz CT molecular complexity index is 424. The molecule has 0 amide bonds. The second kappa shape index (κ2) is 5.83. The zero-order valence-corrected chi connectivity index (χ0v) is 12.7. The van der Waals surface area contributed by atoms with Gasteiger partial charge in [-0.05, 0) is 50.0 Å². The van der Waals surface area contributed by atoms with E-state index in [0.717, 1.165) is 19.6 Å². The molecule has 0 saturated heterocycles. The highest BCUT2D eigenvalue weighted by Gasteiger charge is 2.25. The number of hydrogen-bond donors (Lipinski definition) is 2. The molecule has 0 aromatic heterocycles. The van der Waals surface area contributed by atoms with E-state index in [2.05, 4.69) is 61.7 Å². The van der Waals surface area contributed by atoms with Gasteiger partial charge in [0.25, 0.3) is 0 Å². The first-order chi connectivity index (χ1) is 8.99. The maximum atomic E-state index is 3.57. The van der Waals surface area contributed by atoms with Gasteiger partial charge in [0.15, 0.2) is 0 Å². The van der Waals surface area contributed by atoms with Crippen LogP contribution < -0.4 is 10.6 Å². The van der Waals surface area contributed by atoms with E-state index in [0.29, 0.717) is 0 Å². The summed E-state index contributed by atoms with van der Waals surface area (Å²) in [4.78, 5) is 2.19. The van der Waals surface area contributed by atoms with Gasteiger partial charge >= 0.3 is 0 Å². The summed E-state index contributed by atoms with van der Waals surface area (Å²) in [6, 6.07) is 6.76. The van der Waals surface area contributed by atoms with Crippen LogP contribution in [0.4, 0.5) is 11.4 Å². The van der Waals surface area contributed by atoms with E-state index in [-0.39, 0.29) is 5.41 Å². The number of nitrogens with one attached hydrogen (secondary N) is 2. The molecule has 0 spiro atoms. The third-order valence-electron chi connectivity index (χ3n) is 3.93. The van der Waals surface area contributed by atoms with Crippen LogP contribution in [0.25, 0.3) is 0 Å². The van der Waals surface area contributed by atoms with Gasteiger partial charge in [0.1, 0.15) is 0 Å². The van der Waals surface area contributed by atoms with Gasteiger partial charge in [-0.25, -0.2) is 0 Å². The van der Waals surface area contributed by atoms with Crippen molar-refractivity contribution in [3.8, 4) is 0 Å². The number of likely N-dealkylation sites (N-methyl/N-ethyl adjacent to an activating group) is 1. The maximum absolute atomic E-state index is 3.57. The summed E-state index contributed by atoms with van der Waals surface area (Å²) in [6.45, 7) is 7.80. The molecule has 2 rings (SSSR count). The minimum atomic E-state index is 0.279. The SMILES string of the molecule is CN(C)CCNc1ccc2c(c1)NCCCC2(C)C. The van der Waals surface area contributed by atoms with Crippen LogP contribution in [0.1, 0.15) is 32.3 Å². The Hall–Kier alpha value is -1.22. The number of hydrogen-bond acceptors (Lipinski definition) is 3. The van der Waals surface area contributed by atoms with E-state index in [4.69, 9.17) is 0 Å². The molecule has 1 heterocycles. The number of anilines is 2. The Morgan fingerprint density at radius 3 is 2.84 bits per heavy atom. The fraction of sp³-hybridized carbons (Fsp3) is 0.625. The van der Waals surface area contributed by atoms with Crippen molar-refractivity contribution in [2.75, 3.05) is 44.4 Å². The van der Waals surface area contributed by atoms with E-state index in [9.17, 15) is 0 Å². The highest BCUT2D eigenvalue weighted by Crippen LogP contribution is 2.37. The molecular formula is C16H27N3. The van der Waals surface area contributed by atoms with Gasteiger partial charge in [-0.1, -0.05) is 19.9 Å². The first-order valence-electron chi connectivity index (χ1n) is 7.26. The van der Waals surface area contributed by atoms with E-state index in [1.54, 1.807) is 0 Å². The predicted molar refractivity (Wildman–Crippen MR) is 84.2 cm³/mol. The predicted octanol–water partition coefficient (Wildman–Crippen LogP) is 3.14. The molecule has 2 N–H and O–H groups in total. The molecule has 3 heteroatoms. The second-order valence-corrected chi connectivity index (χ2v) is 6.40. The van der Waals surface area contributed by atoms with Crippen LogP contribution in [0.15, 0.2) is 18.2 Å². The molecule has 1 aliphatic rings. The summed E-state index contributed by atoms with van der Waals surface area (Å²) >= 11 is 0. The van der Waals surface area contributed by atoms with Gasteiger partial charge in [-0.2, -0.15) is 0 Å². The fourth-order valence-corrected chi connectivity index (χ4v) is 2.70. The zero-order valence-electron chi connectivity index (χ0n) is 12.7. The molecule has 1 aromatic rings. The molecule has 0 bridgehead atoms. The molecule has 0 aliphatic carbocycles. The summed E-state index contributed by atoms with van der Waals surface area (Å²) in [5.74, 6) is 0. The van der Waals surface area contributed by atoms with Crippen LogP contribution in [0.2, 0.25) is 0 Å². The van der Waals surface area contributed by atoms with Gasteiger partial charge in [-0.15, -0.1) is 0 Å². The van der Waals surface area contributed by atoms with Crippen molar-refractivity contribution >= 4 is 11.4 Å². The van der Waals surface area contributed by atoms with Crippen molar-refractivity contribution in [2.45, 2.75) is 32.1 Å². The van der Waals surface area contributed by atoms with Crippen molar-refractivity contribution in [1.82, 2.24) is 4.90 Å². The molecule has 0 saturated carbocycles. The normalized spacial score (nSPS) is 17.5. The van der Waals surface area contributed by atoms with Crippen LogP contribution in [0.3, 0.4) is 0 Å². The quantitative estimate of drug-likeness (QED) is 0.872. The summed E-state index contributed by atoms with van der Waals surface area (Å²) < 4.78 is 0. The van der Waals surface area contributed by atoms with Crippen LogP contribution >= 0.6 is 0 Å². The van der Waals surface area contributed by atoms with Crippen molar-refractivity contribution in [3.05, 3.63) is 23.8 Å². The van der Waals surface area contributed by atoms with Crippen molar-refractivity contribution < 1.29 is 0 Å². The molecule has 0 radical (unpaired) electrons. The van der Waals surface area contributed by atoms with Crippen LogP contribution in [-0.2, 0) is 5.41 Å². The largest absolute Gasteiger partial charge is 0.385 e. The molecular weight excluding hydrogens is 234 g/mol. The van der Waals surface area contributed by atoms with Crippen molar-refractivity contribution in [1.29, 1.82) is 0 Å². The summed E-state index contributed by atoms with van der Waals surface area (Å²) in [5.41, 5.74) is 4.24. The topological polar surface area (TPSA) is 27.3 Å². The average Bonchev–Trinajstić information content (AvgIpc) is 2.48. The maximum Gasteiger partial charge on any atom is 0.0398 e. The van der Waals surface area contributed by atoms with Crippen LogP contribution in [0.5, 0.6) is 0 Å². The van der Waals surface area contributed by atoms with Gasteiger partial charge in [0, 0.05) is 31.0 Å². The molecule has 1 aromatic carbocycles. The van der Waals surface area contributed by atoms with Crippen LogP contribution in [-0.4, -0.2) is 38.6 Å². The standard InChI is InChI=1S/C16H27N3/c1-16(2)8-5-9-18-15-12-13(6-7-14(15)16)17-10-11-19(3)4/h6-7,12,17-18H,5,8-11H2,1-4H3. The molecule has 0 fully saturated rings. The van der Waals surface area contributed by atoms with E-state index in [1.165, 1.54) is 29.8 Å². The van der Waals surface area contributed by atoms with E-state index >= 15 is 0 Å². The third kappa shape index (κ3) is 3.63. The molecule has 19 heavy (non-hydrogen) atoms. The van der Waals surface area contributed by atoms with E-state index < -0.39 is 0 Å². The van der Waals surface area contributed by atoms with Gasteiger partial charge in [-0.3, -0.25) is 0 Å². The Morgan fingerprint density at radius 2 is 2.11 bits per heavy atom. The summed E-state index contributed by atoms with van der Waals surface area (Å²) in [5, 5.41) is 7.06. The first kappa shape index (κ1) is 14.2. The van der Waals surface area contributed by atoms with Crippen molar-refractivity contribution in [3.63, 3.8) is 0 Å². The summed E-state index contributed by atoms with van der Waals surface area (Å²) in [6.07, 6.45) is 2.49. The lowest BCUT2D eigenvalue weighted by molar-refractivity contribution is 0.425. The average molecular weight is 261 g/mol. The number of nitrogens with zero attached hydrogens (tertiary/aromatic N) is 1. The molecule has 0 atom stereocenters. The van der Waals surface area contributed by atoms with Gasteiger partial charge < -0.3 is 15.5 Å². The Morgan fingerprint density at radius 1 is 1.32 bits per heavy atom. The zero-order chi connectivity index (χ0) is 13.9. The first-order valence-corrected chi connectivity index (χ1v) is 7.26. The second-order valence-electron chi connectivity index (χ2n) is 6.40. The van der Waals surface area contributed by atoms with E-state index in [1.807, 2.05) is 0 Å². The Labute approximate surface area is 117 Å². The number of benzene rings is 1. The molecule has 1 aliphatic heterocycles. The minimum absolute atomic E-state index is 0.279. The molecule has 3 nitrogen and oxygen atoms in total.